The summed E-state index contributed by atoms with van der Waals surface area (Å²) in [7, 11) is 0. The Labute approximate surface area is 110 Å². The van der Waals surface area contributed by atoms with Crippen molar-refractivity contribution < 1.29 is 4.74 Å². The summed E-state index contributed by atoms with van der Waals surface area (Å²) in [5, 5.41) is 3.45. The predicted octanol–water partition coefficient (Wildman–Crippen LogP) is 2.80. The van der Waals surface area contributed by atoms with E-state index in [4.69, 9.17) is 4.74 Å². The fourth-order valence-electron chi connectivity index (χ4n) is 3.24. The Kier molecular flexibility index (Phi) is 3.40. The Hall–Kier alpha value is -0.860. The molecule has 0 radical (unpaired) electrons. The first-order valence-corrected chi connectivity index (χ1v) is 7.18. The van der Waals surface area contributed by atoms with Crippen LogP contribution in [-0.4, -0.2) is 25.8 Å². The molecule has 0 bridgehead atoms. The molecule has 0 aromatic heterocycles. The highest BCUT2D eigenvalue weighted by molar-refractivity contribution is 5.33. The second kappa shape index (κ2) is 5.02. The monoisotopic (exact) mass is 245 g/mol. The summed E-state index contributed by atoms with van der Waals surface area (Å²) < 4.78 is 5.76. The SMILES string of the molecule is Cc1cccc(C2(CCC3CCCO3)CNC2)c1. The van der Waals surface area contributed by atoms with Crippen LogP contribution in [0.15, 0.2) is 24.3 Å². The first kappa shape index (κ1) is 12.2. The van der Waals surface area contributed by atoms with Crippen molar-refractivity contribution >= 4 is 0 Å². The number of aryl methyl sites for hydroxylation is 1. The normalized spacial score (nSPS) is 25.9. The van der Waals surface area contributed by atoms with E-state index in [0.29, 0.717) is 11.5 Å². The zero-order valence-electron chi connectivity index (χ0n) is 11.2. The van der Waals surface area contributed by atoms with E-state index < -0.39 is 0 Å². The smallest absolute Gasteiger partial charge is 0.0576 e. The molecule has 2 saturated heterocycles. The molecule has 0 spiro atoms. The Morgan fingerprint density at radius 2 is 2.28 bits per heavy atom. The van der Waals surface area contributed by atoms with Gasteiger partial charge in [-0.05, 0) is 38.2 Å². The minimum absolute atomic E-state index is 0.373. The van der Waals surface area contributed by atoms with Gasteiger partial charge in [-0.1, -0.05) is 29.8 Å². The maximum Gasteiger partial charge on any atom is 0.0576 e. The van der Waals surface area contributed by atoms with Crippen LogP contribution in [0.3, 0.4) is 0 Å². The largest absolute Gasteiger partial charge is 0.378 e. The van der Waals surface area contributed by atoms with Gasteiger partial charge in [0.1, 0.15) is 0 Å². The zero-order valence-corrected chi connectivity index (χ0v) is 11.2. The van der Waals surface area contributed by atoms with Crippen LogP contribution in [0.1, 0.15) is 36.8 Å². The molecule has 2 fully saturated rings. The summed E-state index contributed by atoms with van der Waals surface area (Å²) in [6.07, 6.45) is 5.51. The minimum atomic E-state index is 0.373. The van der Waals surface area contributed by atoms with Crippen LogP contribution >= 0.6 is 0 Å². The van der Waals surface area contributed by atoms with Gasteiger partial charge in [0, 0.05) is 25.1 Å². The second-order valence-corrected chi connectivity index (χ2v) is 5.93. The summed E-state index contributed by atoms with van der Waals surface area (Å²) in [6, 6.07) is 9.03. The van der Waals surface area contributed by atoms with E-state index in [9.17, 15) is 0 Å². The molecule has 1 atom stereocenters. The lowest BCUT2D eigenvalue weighted by molar-refractivity contribution is 0.0899. The van der Waals surface area contributed by atoms with Gasteiger partial charge >= 0.3 is 0 Å². The lowest BCUT2D eigenvalue weighted by atomic mass is 9.71. The van der Waals surface area contributed by atoms with Gasteiger partial charge in [-0.3, -0.25) is 0 Å². The average Bonchev–Trinajstić information content (AvgIpc) is 2.81. The van der Waals surface area contributed by atoms with Crippen LogP contribution in [0.5, 0.6) is 0 Å². The Balaban J connectivity index is 1.69. The summed E-state index contributed by atoms with van der Waals surface area (Å²) >= 11 is 0. The number of benzene rings is 1. The van der Waals surface area contributed by atoms with E-state index in [-0.39, 0.29) is 0 Å². The molecule has 1 N–H and O–H groups in total. The van der Waals surface area contributed by atoms with Gasteiger partial charge < -0.3 is 10.1 Å². The van der Waals surface area contributed by atoms with Gasteiger partial charge in [0.05, 0.1) is 6.10 Å². The van der Waals surface area contributed by atoms with E-state index in [2.05, 4.69) is 36.5 Å². The van der Waals surface area contributed by atoms with Crippen LogP contribution in [0.2, 0.25) is 0 Å². The maximum absolute atomic E-state index is 5.76. The minimum Gasteiger partial charge on any atom is -0.378 e. The fraction of sp³-hybridized carbons (Fsp3) is 0.625. The van der Waals surface area contributed by atoms with Crippen molar-refractivity contribution in [2.24, 2.45) is 0 Å². The van der Waals surface area contributed by atoms with Gasteiger partial charge in [-0.25, -0.2) is 0 Å². The Morgan fingerprint density at radius 1 is 1.39 bits per heavy atom. The lowest BCUT2D eigenvalue weighted by Crippen LogP contribution is -2.57. The van der Waals surface area contributed by atoms with Gasteiger partial charge in [0.2, 0.25) is 0 Å². The number of hydrogen-bond acceptors (Lipinski definition) is 2. The van der Waals surface area contributed by atoms with Crippen molar-refractivity contribution in [3.8, 4) is 0 Å². The second-order valence-electron chi connectivity index (χ2n) is 5.93. The summed E-state index contributed by atoms with van der Waals surface area (Å²) in [4.78, 5) is 0. The van der Waals surface area contributed by atoms with Crippen molar-refractivity contribution in [2.75, 3.05) is 19.7 Å². The van der Waals surface area contributed by atoms with Crippen molar-refractivity contribution in [3.05, 3.63) is 35.4 Å². The highest BCUT2D eigenvalue weighted by Gasteiger charge is 2.38. The van der Waals surface area contributed by atoms with E-state index >= 15 is 0 Å². The third kappa shape index (κ3) is 2.32. The first-order chi connectivity index (χ1) is 8.78. The predicted molar refractivity (Wildman–Crippen MR) is 73.9 cm³/mol. The van der Waals surface area contributed by atoms with E-state index in [1.54, 1.807) is 0 Å². The quantitative estimate of drug-likeness (QED) is 0.880. The van der Waals surface area contributed by atoms with Crippen LogP contribution in [0.25, 0.3) is 0 Å². The molecular weight excluding hydrogens is 222 g/mol. The summed E-state index contributed by atoms with van der Waals surface area (Å²) in [6.45, 7) is 5.41. The summed E-state index contributed by atoms with van der Waals surface area (Å²) in [5.41, 5.74) is 3.26. The topological polar surface area (TPSA) is 21.3 Å². The molecule has 18 heavy (non-hydrogen) atoms. The van der Waals surface area contributed by atoms with Gasteiger partial charge in [0.15, 0.2) is 0 Å². The van der Waals surface area contributed by atoms with E-state index in [1.807, 2.05) is 0 Å². The summed E-state index contributed by atoms with van der Waals surface area (Å²) in [5.74, 6) is 0. The number of nitrogens with one attached hydrogen (secondary N) is 1. The third-order valence-corrected chi connectivity index (χ3v) is 4.53. The van der Waals surface area contributed by atoms with Crippen LogP contribution in [0.4, 0.5) is 0 Å². The molecule has 1 aromatic carbocycles. The van der Waals surface area contributed by atoms with Crippen LogP contribution < -0.4 is 5.32 Å². The van der Waals surface area contributed by atoms with Crippen LogP contribution in [0, 0.1) is 6.92 Å². The molecule has 0 aliphatic carbocycles. The first-order valence-electron chi connectivity index (χ1n) is 7.18. The molecule has 1 aromatic rings. The van der Waals surface area contributed by atoms with E-state index in [0.717, 1.165) is 19.7 Å². The molecule has 2 aliphatic heterocycles. The van der Waals surface area contributed by atoms with Gasteiger partial charge in [0.25, 0.3) is 0 Å². The van der Waals surface area contributed by atoms with Gasteiger partial charge in [-0.2, -0.15) is 0 Å². The van der Waals surface area contributed by atoms with E-state index in [1.165, 1.54) is 36.8 Å². The molecule has 1 unspecified atom stereocenters. The third-order valence-electron chi connectivity index (χ3n) is 4.53. The standard InChI is InChI=1S/C16H23NO/c1-13-4-2-5-14(10-13)16(11-17-12-16)8-7-15-6-3-9-18-15/h2,4-5,10,15,17H,3,6-9,11-12H2,1H3. The number of rotatable bonds is 4. The Morgan fingerprint density at radius 3 is 2.89 bits per heavy atom. The average molecular weight is 245 g/mol. The van der Waals surface area contributed by atoms with Gasteiger partial charge in [-0.15, -0.1) is 0 Å². The molecule has 2 heteroatoms. The van der Waals surface area contributed by atoms with Crippen molar-refractivity contribution in [2.45, 2.75) is 44.1 Å². The zero-order chi connectivity index (χ0) is 12.4. The van der Waals surface area contributed by atoms with Crippen molar-refractivity contribution in [1.82, 2.24) is 5.32 Å². The Bertz CT molecular complexity index is 405. The molecule has 2 nitrogen and oxygen atoms in total. The fourth-order valence-corrected chi connectivity index (χ4v) is 3.24. The molecule has 0 amide bonds. The molecule has 2 aliphatic rings. The number of hydrogen-bond donors (Lipinski definition) is 1. The molecule has 2 heterocycles. The highest BCUT2D eigenvalue weighted by Crippen LogP contribution is 2.35. The molecular formula is C16H23NO. The lowest BCUT2D eigenvalue weighted by Gasteiger charge is -2.44. The highest BCUT2D eigenvalue weighted by atomic mass is 16.5. The molecule has 98 valence electrons. The van der Waals surface area contributed by atoms with Crippen LogP contribution in [-0.2, 0) is 10.2 Å². The molecule has 0 saturated carbocycles. The van der Waals surface area contributed by atoms with Crippen molar-refractivity contribution in [3.63, 3.8) is 0 Å². The maximum atomic E-state index is 5.76. The van der Waals surface area contributed by atoms with Crippen molar-refractivity contribution in [1.29, 1.82) is 0 Å². The number of ether oxygens (including phenoxy) is 1. The molecule has 3 rings (SSSR count).